The van der Waals surface area contributed by atoms with E-state index in [0.717, 1.165) is 39.9 Å². The molecule has 1 aromatic carbocycles. The van der Waals surface area contributed by atoms with Crippen LogP contribution >= 0.6 is 11.3 Å². The van der Waals surface area contributed by atoms with Crippen molar-refractivity contribution in [3.8, 4) is 0 Å². The Morgan fingerprint density at radius 3 is 2.58 bits per heavy atom. The van der Waals surface area contributed by atoms with Gasteiger partial charge in [0.1, 0.15) is 16.5 Å². The van der Waals surface area contributed by atoms with Crippen LogP contribution in [0.1, 0.15) is 52.2 Å². The van der Waals surface area contributed by atoms with Gasteiger partial charge in [-0.25, -0.2) is 9.97 Å². The Morgan fingerprint density at radius 2 is 1.84 bits per heavy atom. The number of rotatable bonds is 5. The molecule has 0 saturated carbocycles. The molecular weight excluding hydrogens is 406 g/mol. The molecule has 164 valence electrons. The first-order valence-electron chi connectivity index (χ1n) is 10.9. The van der Waals surface area contributed by atoms with Gasteiger partial charge in [-0.15, -0.1) is 11.3 Å². The molecule has 2 heterocycles. The summed E-state index contributed by atoms with van der Waals surface area (Å²) in [6, 6.07) is 4.17. The van der Waals surface area contributed by atoms with Crippen molar-refractivity contribution in [3.05, 3.63) is 45.1 Å². The number of aromatic nitrogens is 2. The molecule has 0 fully saturated rings. The highest BCUT2D eigenvalue weighted by Crippen LogP contribution is 2.37. The quantitative estimate of drug-likeness (QED) is 0.573. The van der Waals surface area contributed by atoms with Crippen molar-refractivity contribution >= 4 is 39.0 Å². The number of aryl methyl sites for hydroxylation is 5. The van der Waals surface area contributed by atoms with Gasteiger partial charge >= 0.3 is 0 Å². The molecule has 1 aliphatic carbocycles. The van der Waals surface area contributed by atoms with Gasteiger partial charge in [-0.3, -0.25) is 9.69 Å². The summed E-state index contributed by atoms with van der Waals surface area (Å²) in [5.74, 6) is 1.19. The number of anilines is 2. The highest BCUT2D eigenvalue weighted by atomic mass is 32.1. The lowest BCUT2D eigenvalue weighted by molar-refractivity contribution is -0.117. The first kappa shape index (κ1) is 21.7. The summed E-state index contributed by atoms with van der Waals surface area (Å²) in [6.07, 6.45) is 5.90. The number of benzene rings is 1. The van der Waals surface area contributed by atoms with Gasteiger partial charge in [0.25, 0.3) is 0 Å². The molecule has 0 unspecified atom stereocenters. The molecule has 0 spiro atoms. The number of carbonyl (C=O) groups excluding carboxylic acids is 1. The van der Waals surface area contributed by atoms with Crippen molar-refractivity contribution in [2.75, 3.05) is 24.6 Å². The molecule has 3 N–H and O–H groups in total. The summed E-state index contributed by atoms with van der Waals surface area (Å²) in [7, 11) is 1.90. The van der Waals surface area contributed by atoms with Crippen molar-refractivity contribution in [2.45, 2.75) is 59.4 Å². The Hall–Kier alpha value is -2.51. The maximum atomic E-state index is 12.6. The van der Waals surface area contributed by atoms with Crippen LogP contribution in [0.3, 0.4) is 0 Å². The van der Waals surface area contributed by atoms with Gasteiger partial charge in [0.2, 0.25) is 5.91 Å². The van der Waals surface area contributed by atoms with Crippen LogP contribution in [-0.4, -0.2) is 34.4 Å². The fourth-order valence-electron chi connectivity index (χ4n) is 4.58. The van der Waals surface area contributed by atoms with E-state index in [1.54, 1.807) is 11.3 Å². The van der Waals surface area contributed by atoms with Gasteiger partial charge < -0.3 is 11.1 Å². The molecule has 4 rings (SSSR count). The third-order valence-electron chi connectivity index (χ3n) is 5.91. The number of amides is 1. The maximum absolute atomic E-state index is 12.6. The van der Waals surface area contributed by atoms with Gasteiger partial charge in [-0.2, -0.15) is 0 Å². The Bertz CT molecular complexity index is 1110. The Morgan fingerprint density at radius 1 is 1.13 bits per heavy atom. The van der Waals surface area contributed by atoms with Crippen LogP contribution in [0, 0.1) is 20.8 Å². The molecule has 7 heteroatoms. The minimum absolute atomic E-state index is 0.0468. The van der Waals surface area contributed by atoms with Crippen molar-refractivity contribution in [1.82, 2.24) is 14.9 Å². The van der Waals surface area contributed by atoms with Crippen LogP contribution in [0.5, 0.6) is 0 Å². The topological polar surface area (TPSA) is 84.1 Å². The molecule has 0 radical (unpaired) electrons. The number of fused-ring (bicyclic) bond motifs is 3. The number of nitrogens with zero attached hydrogens (tertiary/aromatic N) is 3. The molecular formula is C24H31N5OS. The summed E-state index contributed by atoms with van der Waals surface area (Å²) >= 11 is 1.76. The minimum atomic E-state index is -0.0468. The minimum Gasteiger partial charge on any atom is -0.383 e. The maximum Gasteiger partial charge on any atom is 0.238 e. The number of hydrogen-bond donors (Lipinski definition) is 2. The third kappa shape index (κ3) is 4.72. The van der Waals surface area contributed by atoms with E-state index in [0.29, 0.717) is 18.2 Å². The molecule has 0 saturated heterocycles. The fourth-order valence-corrected chi connectivity index (χ4v) is 5.87. The smallest absolute Gasteiger partial charge is 0.238 e. The van der Waals surface area contributed by atoms with Crippen LogP contribution in [0.4, 0.5) is 11.5 Å². The first-order valence-corrected chi connectivity index (χ1v) is 11.8. The lowest BCUT2D eigenvalue weighted by Gasteiger charge is -2.17. The van der Waals surface area contributed by atoms with E-state index in [-0.39, 0.29) is 12.5 Å². The molecule has 31 heavy (non-hydrogen) atoms. The van der Waals surface area contributed by atoms with Gasteiger partial charge in [-0.1, -0.05) is 24.1 Å². The van der Waals surface area contributed by atoms with Crippen molar-refractivity contribution in [2.24, 2.45) is 0 Å². The molecule has 0 bridgehead atoms. The fraction of sp³-hybridized carbons (Fsp3) is 0.458. The average Bonchev–Trinajstić information content (AvgIpc) is 2.86. The van der Waals surface area contributed by atoms with Crippen molar-refractivity contribution in [1.29, 1.82) is 0 Å². The monoisotopic (exact) mass is 437 g/mol. The molecule has 0 atom stereocenters. The van der Waals surface area contributed by atoms with Crippen LogP contribution in [0.15, 0.2) is 12.1 Å². The van der Waals surface area contributed by atoms with E-state index in [9.17, 15) is 4.79 Å². The first-order chi connectivity index (χ1) is 14.8. The zero-order valence-corrected chi connectivity index (χ0v) is 19.7. The normalized spacial score (nSPS) is 14.0. The van der Waals surface area contributed by atoms with Crippen LogP contribution in [-0.2, 0) is 24.2 Å². The lowest BCUT2D eigenvalue weighted by atomic mass is 10.1. The lowest BCUT2D eigenvalue weighted by Crippen LogP contribution is -2.30. The second-order valence-corrected chi connectivity index (χ2v) is 9.85. The number of carbonyl (C=O) groups is 1. The highest BCUT2D eigenvalue weighted by Gasteiger charge is 2.20. The predicted molar refractivity (Wildman–Crippen MR) is 129 cm³/mol. The number of nitrogens with one attached hydrogen (secondary N) is 1. The number of hydrogen-bond acceptors (Lipinski definition) is 6. The number of thiophene rings is 1. The summed E-state index contributed by atoms with van der Waals surface area (Å²) in [6.45, 7) is 6.84. The third-order valence-corrected chi connectivity index (χ3v) is 7.09. The molecule has 1 aliphatic rings. The highest BCUT2D eigenvalue weighted by molar-refractivity contribution is 7.19. The second-order valence-electron chi connectivity index (χ2n) is 8.76. The van der Waals surface area contributed by atoms with Crippen LogP contribution in [0.25, 0.3) is 10.2 Å². The average molecular weight is 438 g/mol. The Kier molecular flexibility index (Phi) is 6.25. The van der Waals surface area contributed by atoms with Crippen LogP contribution in [0.2, 0.25) is 0 Å². The molecule has 2 aromatic heterocycles. The zero-order chi connectivity index (χ0) is 22.1. The van der Waals surface area contributed by atoms with Gasteiger partial charge in [-0.05, 0) is 70.2 Å². The van der Waals surface area contributed by atoms with Gasteiger partial charge in [0.15, 0.2) is 0 Å². The largest absolute Gasteiger partial charge is 0.383 e. The summed E-state index contributed by atoms with van der Waals surface area (Å²) in [4.78, 5) is 26.3. The van der Waals surface area contributed by atoms with E-state index >= 15 is 0 Å². The SMILES string of the molecule is Cc1cc(C)c(NC(=O)CN(C)Cc2nc(N)c3c4c(sc3n2)CCCCC4)c(C)c1. The van der Waals surface area contributed by atoms with Gasteiger partial charge in [0.05, 0.1) is 18.5 Å². The Labute approximate surface area is 187 Å². The standard InChI is InChI=1S/C24H31N5OS/c1-14-10-15(2)22(16(3)11-14)28-20(30)13-29(4)12-19-26-23(25)21-17-8-6-5-7-9-18(17)31-24(21)27-19/h10-11H,5-9,12-13H2,1-4H3,(H,28,30)(H2,25,26,27). The number of likely N-dealkylation sites (N-methyl/N-ethyl adjacent to an activating group) is 1. The molecule has 1 amide bonds. The van der Waals surface area contributed by atoms with Crippen molar-refractivity contribution < 1.29 is 4.79 Å². The number of nitrogen functional groups attached to an aromatic ring is 1. The summed E-state index contributed by atoms with van der Waals surface area (Å²) in [5, 5.41) is 4.11. The summed E-state index contributed by atoms with van der Waals surface area (Å²) in [5.41, 5.74) is 12.0. The van der Waals surface area contributed by atoms with E-state index < -0.39 is 0 Å². The van der Waals surface area contributed by atoms with Crippen LogP contribution < -0.4 is 11.1 Å². The predicted octanol–water partition coefficient (Wildman–Crippen LogP) is 4.54. The Balaban J connectivity index is 1.46. The van der Waals surface area contributed by atoms with Crippen molar-refractivity contribution in [3.63, 3.8) is 0 Å². The molecule has 6 nitrogen and oxygen atoms in total. The second kappa shape index (κ2) is 8.93. The van der Waals surface area contributed by atoms with E-state index in [1.807, 2.05) is 25.8 Å². The van der Waals surface area contributed by atoms with E-state index in [2.05, 4.69) is 29.4 Å². The molecule has 0 aliphatic heterocycles. The summed E-state index contributed by atoms with van der Waals surface area (Å²) < 4.78 is 0. The molecule has 3 aromatic rings. The van der Waals surface area contributed by atoms with Gasteiger partial charge in [0, 0.05) is 10.6 Å². The zero-order valence-electron chi connectivity index (χ0n) is 18.8. The van der Waals surface area contributed by atoms with E-state index in [1.165, 1.54) is 35.3 Å². The number of nitrogens with two attached hydrogens (primary N) is 1. The van der Waals surface area contributed by atoms with E-state index in [4.69, 9.17) is 10.7 Å².